The van der Waals surface area contributed by atoms with Crippen molar-refractivity contribution >= 4 is 11.9 Å². The Kier molecular flexibility index (Phi) is 4.49. The molecule has 8 heteroatoms. The van der Waals surface area contributed by atoms with Crippen LogP contribution in [0.3, 0.4) is 0 Å². The summed E-state index contributed by atoms with van der Waals surface area (Å²) in [4.78, 5) is 30.5. The molecule has 1 aromatic carbocycles. The lowest BCUT2D eigenvalue weighted by atomic mass is 9.82. The van der Waals surface area contributed by atoms with E-state index < -0.39 is 5.82 Å². The van der Waals surface area contributed by atoms with E-state index in [4.69, 9.17) is 4.42 Å². The Labute approximate surface area is 173 Å². The number of aryl methyl sites for hydroxylation is 2. The Morgan fingerprint density at radius 1 is 1.20 bits per heavy atom. The number of oxazole rings is 1. The van der Waals surface area contributed by atoms with Crippen molar-refractivity contribution in [2.45, 2.75) is 26.3 Å². The minimum absolute atomic E-state index is 0.109. The van der Waals surface area contributed by atoms with Gasteiger partial charge in [-0.2, -0.15) is 0 Å². The number of benzene rings is 1. The van der Waals surface area contributed by atoms with E-state index in [1.54, 1.807) is 17.0 Å². The molecule has 2 aromatic heterocycles. The van der Waals surface area contributed by atoms with E-state index in [0.717, 1.165) is 24.4 Å². The molecule has 2 aliphatic heterocycles. The molecule has 4 heterocycles. The van der Waals surface area contributed by atoms with Gasteiger partial charge in [0.15, 0.2) is 0 Å². The van der Waals surface area contributed by atoms with Crippen LogP contribution in [0.15, 0.2) is 41.1 Å². The molecule has 0 N–H and O–H groups in total. The fourth-order valence-corrected chi connectivity index (χ4v) is 4.48. The molecule has 0 spiro atoms. The number of fused-ring (bicyclic) bond motifs is 1. The van der Waals surface area contributed by atoms with Crippen LogP contribution in [0.25, 0.3) is 11.5 Å². The molecule has 30 heavy (non-hydrogen) atoms. The van der Waals surface area contributed by atoms with Crippen molar-refractivity contribution < 1.29 is 13.6 Å². The summed E-state index contributed by atoms with van der Waals surface area (Å²) in [6.45, 7) is 6.02. The summed E-state index contributed by atoms with van der Waals surface area (Å²) < 4.78 is 19.8. The number of nitrogens with zero attached hydrogens (tertiary/aromatic N) is 5. The standard InChI is InChI=1S/C22H22FN5O2/c1-13-10-14(2)26-22(25-13)28-11-15-6-8-27(12-18(15)28)21(29)16-4-3-5-17(23)19(16)20-24-7-9-30-20/h3-5,7,9-10,15,18H,6,8,11-12H2,1-2H3/t15-,18-/m0/s1. The van der Waals surface area contributed by atoms with Crippen LogP contribution in [0, 0.1) is 25.6 Å². The van der Waals surface area contributed by atoms with Crippen LogP contribution in [0.4, 0.5) is 10.3 Å². The average Bonchev–Trinajstić information content (AvgIpc) is 3.22. The van der Waals surface area contributed by atoms with Crippen molar-refractivity contribution in [3.8, 4) is 11.5 Å². The maximum Gasteiger partial charge on any atom is 0.254 e. The van der Waals surface area contributed by atoms with Gasteiger partial charge < -0.3 is 14.2 Å². The molecule has 3 aromatic rings. The highest BCUT2D eigenvalue weighted by Gasteiger charge is 2.45. The van der Waals surface area contributed by atoms with Gasteiger partial charge in [-0.1, -0.05) is 6.07 Å². The second kappa shape index (κ2) is 7.19. The van der Waals surface area contributed by atoms with Crippen molar-refractivity contribution in [1.82, 2.24) is 19.9 Å². The number of halogens is 1. The maximum atomic E-state index is 14.6. The zero-order chi connectivity index (χ0) is 20.8. The summed E-state index contributed by atoms with van der Waals surface area (Å²) in [5, 5.41) is 0. The molecule has 0 unspecified atom stereocenters. The lowest BCUT2D eigenvalue weighted by molar-refractivity contribution is 0.0589. The van der Waals surface area contributed by atoms with Crippen LogP contribution >= 0.6 is 0 Å². The van der Waals surface area contributed by atoms with E-state index in [-0.39, 0.29) is 29.0 Å². The molecule has 5 rings (SSSR count). The summed E-state index contributed by atoms with van der Waals surface area (Å²) in [6, 6.07) is 6.60. The summed E-state index contributed by atoms with van der Waals surface area (Å²) in [6.07, 6.45) is 3.72. The fraction of sp³-hybridized carbons (Fsp3) is 0.364. The highest BCUT2D eigenvalue weighted by atomic mass is 19.1. The van der Waals surface area contributed by atoms with Gasteiger partial charge in [0.25, 0.3) is 5.91 Å². The van der Waals surface area contributed by atoms with E-state index in [9.17, 15) is 9.18 Å². The van der Waals surface area contributed by atoms with Crippen LogP contribution in [0.5, 0.6) is 0 Å². The molecule has 2 aliphatic rings. The van der Waals surface area contributed by atoms with Crippen molar-refractivity contribution in [3.05, 3.63) is 59.5 Å². The van der Waals surface area contributed by atoms with E-state index in [2.05, 4.69) is 19.9 Å². The van der Waals surface area contributed by atoms with Crippen molar-refractivity contribution in [2.24, 2.45) is 5.92 Å². The van der Waals surface area contributed by atoms with Gasteiger partial charge in [-0.05, 0) is 38.5 Å². The zero-order valence-electron chi connectivity index (χ0n) is 16.9. The van der Waals surface area contributed by atoms with Gasteiger partial charge in [0, 0.05) is 36.9 Å². The van der Waals surface area contributed by atoms with Crippen molar-refractivity contribution in [1.29, 1.82) is 0 Å². The Morgan fingerprint density at radius 3 is 2.73 bits per heavy atom. The van der Waals surface area contributed by atoms with Crippen LogP contribution in [0.2, 0.25) is 0 Å². The SMILES string of the molecule is Cc1cc(C)nc(N2C[C@@H]3CCN(C(=O)c4cccc(F)c4-c4ncco4)C[C@@H]32)n1. The number of rotatable bonds is 3. The number of carbonyl (C=O) groups is 1. The quantitative estimate of drug-likeness (QED) is 0.664. The van der Waals surface area contributed by atoms with E-state index in [0.29, 0.717) is 25.0 Å². The number of piperidine rings is 1. The molecular weight excluding hydrogens is 385 g/mol. The first-order chi connectivity index (χ1) is 14.5. The lowest BCUT2D eigenvalue weighted by Crippen LogP contribution is -2.65. The monoisotopic (exact) mass is 407 g/mol. The Balaban J connectivity index is 1.40. The number of likely N-dealkylation sites (tertiary alicyclic amines) is 1. The summed E-state index contributed by atoms with van der Waals surface area (Å²) in [7, 11) is 0. The first-order valence-electron chi connectivity index (χ1n) is 10.1. The number of carbonyl (C=O) groups excluding carboxylic acids is 1. The number of hydrogen-bond donors (Lipinski definition) is 0. The highest BCUT2D eigenvalue weighted by molar-refractivity contribution is 6.00. The van der Waals surface area contributed by atoms with E-state index in [1.165, 1.54) is 18.5 Å². The summed E-state index contributed by atoms with van der Waals surface area (Å²) >= 11 is 0. The van der Waals surface area contributed by atoms with Gasteiger partial charge in [-0.3, -0.25) is 4.79 Å². The molecule has 7 nitrogen and oxygen atoms in total. The van der Waals surface area contributed by atoms with Gasteiger partial charge in [0.1, 0.15) is 12.1 Å². The molecule has 0 saturated carbocycles. The maximum absolute atomic E-state index is 14.6. The second-order valence-electron chi connectivity index (χ2n) is 7.97. The molecule has 0 aliphatic carbocycles. The Hall–Kier alpha value is -3.29. The minimum atomic E-state index is -0.521. The van der Waals surface area contributed by atoms with Gasteiger partial charge in [-0.15, -0.1) is 0 Å². The third-order valence-electron chi connectivity index (χ3n) is 5.96. The zero-order valence-corrected chi connectivity index (χ0v) is 16.9. The molecule has 2 fully saturated rings. The normalized spacial score (nSPS) is 20.6. The molecule has 2 atom stereocenters. The third-order valence-corrected chi connectivity index (χ3v) is 5.96. The number of anilines is 1. The van der Waals surface area contributed by atoms with Crippen molar-refractivity contribution in [2.75, 3.05) is 24.5 Å². The first kappa shape index (κ1) is 18.7. The van der Waals surface area contributed by atoms with Gasteiger partial charge >= 0.3 is 0 Å². The molecular formula is C22H22FN5O2. The molecule has 1 amide bonds. The largest absolute Gasteiger partial charge is 0.444 e. The predicted molar refractivity (Wildman–Crippen MR) is 109 cm³/mol. The minimum Gasteiger partial charge on any atom is -0.444 e. The van der Waals surface area contributed by atoms with Gasteiger partial charge in [0.2, 0.25) is 11.8 Å². The Bertz CT molecular complexity index is 1080. The lowest BCUT2D eigenvalue weighted by Gasteiger charge is -2.53. The molecule has 0 radical (unpaired) electrons. The fourth-order valence-electron chi connectivity index (χ4n) is 4.48. The van der Waals surface area contributed by atoms with Crippen LogP contribution in [-0.2, 0) is 0 Å². The van der Waals surface area contributed by atoms with Crippen LogP contribution in [-0.4, -0.2) is 51.4 Å². The second-order valence-corrected chi connectivity index (χ2v) is 7.97. The van der Waals surface area contributed by atoms with E-state index in [1.807, 2.05) is 19.9 Å². The van der Waals surface area contributed by atoms with Gasteiger partial charge in [-0.25, -0.2) is 19.3 Å². The van der Waals surface area contributed by atoms with E-state index >= 15 is 0 Å². The topological polar surface area (TPSA) is 75.4 Å². The number of hydrogen-bond acceptors (Lipinski definition) is 6. The molecule has 154 valence electrons. The third kappa shape index (κ3) is 3.12. The number of amides is 1. The van der Waals surface area contributed by atoms with Crippen molar-refractivity contribution in [3.63, 3.8) is 0 Å². The summed E-state index contributed by atoms with van der Waals surface area (Å²) in [5.41, 5.74) is 2.24. The number of aromatic nitrogens is 3. The summed E-state index contributed by atoms with van der Waals surface area (Å²) in [5.74, 6) is 0.605. The van der Waals surface area contributed by atoms with Crippen LogP contribution < -0.4 is 4.90 Å². The van der Waals surface area contributed by atoms with Crippen LogP contribution in [0.1, 0.15) is 28.2 Å². The first-order valence-corrected chi connectivity index (χ1v) is 10.1. The Morgan fingerprint density at radius 2 is 2.00 bits per heavy atom. The molecule has 2 saturated heterocycles. The smallest absolute Gasteiger partial charge is 0.254 e. The highest BCUT2D eigenvalue weighted by Crippen LogP contribution is 2.36. The van der Waals surface area contributed by atoms with Gasteiger partial charge in [0.05, 0.1) is 23.4 Å². The average molecular weight is 407 g/mol. The predicted octanol–water partition coefficient (Wildman–Crippen LogP) is 3.24. The molecule has 0 bridgehead atoms.